The van der Waals surface area contributed by atoms with Gasteiger partial charge in [-0.2, -0.15) is 22.0 Å². The summed E-state index contributed by atoms with van der Waals surface area (Å²) in [4.78, 5) is 34.6. The highest BCUT2D eigenvalue weighted by Gasteiger charge is 2.48. The maximum atomic E-state index is 14.4. The minimum atomic E-state index is -4.61. The summed E-state index contributed by atoms with van der Waals surface area (Å²) in [7, 11) is 0. The molecule has 0 spiro atoms. The van der Waals surface area contributed by atoms with Gasteiger partial charge in [0.2, 0.25) is 5.95 Å². The number of morpholine rings is 1. The molecule has 1 N–H and O–H groups in total. The fraction of sp³-hybridized carbons (Fsp3) is 0.391. The summed E-state index contributed by atoms with van der Waals surface area (Å²) in [5, 5.41) is 2.70. The van der Waals surface area contributed by atoms with Gasteiger partial charge in [0.25, 0.3) is 5.91 Å². The Bertz CT molecular complexity index is 1270. The number of aromatic nitrogens is 5. The molecule has 14 heteroatoms. The summed E-state index contributed by atoms with van der Waals surface area (Å²) in [6.07, 6.45) is -5.26. The Morgan fingerprint density at radius 1 is 1.16 bits per heavy atom. The minimum Gasteiger partial charge on any atom is -0.352 e. The van der Waals surface area contributed by atoms with Crippen molar-refractivity contribution in [1.29, 1.82) is 0 Å². The molecule has 2 atom stereocenters. The van der Waals surface area contributed by atoms with Gasteiger partial charge in [-0.1, -0.05) is 0 Å². The standard InChI is InChI=1S/C23H22F5N7O2/c1-12-7-16(19-29-5-4-6-30-19)18(34-13(12)2)20(36)35-11-22(24,25)37-14(3)17(35)10-33-21-31-8-15(9-32-21)23(26,27)28/h4-9,14,17H,10-11H2,1-3H3,(H,31,32,33)/t14-,17+/m0/s1. The van der Waals surface area contributed by atoms with Crippen molar-refractivity contribution < 1.29 is 31.5 Å². The molecule has 196 valence electrons. The number of anilines is 1. The summed E-state index contributed by atoms with van der Waals surface area (Å²) >= 11 is 0. The lowest BCUT2D eigenvalue weighted by molar-refractivity contribution is -0.298. The van der Waals surface area contributed by atoms with E-state index < -0.39 is 42.4 Å². The summed E-state index contributed by atoms with van der Waals surface area (Å²) in [6.45, 7) is 3.57. The van der Waals surface area contributed by atoms with Crippen LogP contribution >= 0.6 is 0 Å². The number of ether oxygens (including phenoxy) is 1. The van der Waals surface area contributed by atoms with Gasteiger partial charge in [0.1, 0.15) is 12.2 Å². The number of carbonyl (C=O) groups is 1. The molecule has 1 aliphatic heterocycles. The number of pyridine rings is 1. The van der Waals surface area contributed by atoms with Gasteiger partial charge in [-0.05, 0) is 38.5 Å². The number of rotatable bonds is 5. The Balaban J connectivity index is 1.65. The number of alkyl halides is 5. The first-order valence-electron chi connectivity index (χ1n) is 11.1. The molecule has 1 saturated heterocycles. The molecule has 4 rings (SSSR count). The van der Waals surface area contributed by atoms with Crippen molar-refractivity contribution in [2.45, 2.75) is 45.2 Å². The van der Waals surface area contributed by atoms with E-state index >= 15 is 0 Å². The topological polar surface area (TPSA) is 106 Å². The van der Waals surface area contributed by atoms with Crippen LogP contribution in [0.5, 0.6) is 0 Å². The summed E-state index contributed by atoms with van der Waals surface area (Å²) in [5.74, 6) is -0.782. The van der Waals surface area contributed by atoms with Gasteiger partial charge in [0.05, 0.1) is 23.3 Å². The van der Waals surface area contributed by atoms with Crippen LogP contribution in [-0.4, -0.2) is 67.1 Å². The van der Waals surface area contributed by atoms with Crippen LogP contribution < -0.4 is 5.32 Å². The largest absolute Gasteiger partial charge is 0.419 e. The van der Waals surface area contributed by atoms with E-state index in [4.69, 9.17) is 4.74 Å². The summed E-state index contributed by atoms with van der Waals surface area (Å²) < 4.78 is 72.0. The van der Waals surface area contributed by atoms with Crippen molar-refractivity contribution in [3.8, 4) is 11.4 Å². The molecular formula is C23H22F5N7O2. The van der Waals surface area contributed by atoms with Gasteiger partial charge in [-0.3, -0.25) is 4.79 Å². The first-order valence-corrected chi connectivity index (χ1v) is 11.1. The fourth-order valence-electron chi connectivity index (χ4n) is 3.83. The lowest BCUT2D eigenvalue weighted by atomic mass is 10.0. The predicted molar refractivity (Wildman–Crippen MR) is 121 cm³/mol. The molecule has 37 heavy (non-hydrogen) atoms. The average Bonchev–Trinajstić information content (AvgIpc) is 2.84. The number of aryl methyl sites for hydroxylation is 2. The van der Waals surface area contributed by atoms with Crippen molar-refractivity contribution in [3.63, 3.8) is 0 Å². The maximum Gasteiger partial charge on any atom is 0.419 e. The van der Waals surface area contributed by atoms with Crippen LogP contribution in [0.2, 0.25) is 0 Å². The third kappa shape index (κ3) is 5.79. The van der Waals surface area contributed by atoms with Crippen LogP contribution in [0.25, 0.3) is 11.4 Å². The van der Waals surface area contributed by atoms with Gasteiger partial charge < -0.3 is 15.0 Å². The zero-order valence-corrected chi connectivity index (χ0v) is 19.9. The molecule has 9 nitrogen and oxygen atoms in total. The Kier molecular flexibility index (Phi) is 7.04. The molecule has 1 fully saturated rings. The Morgan fingerprint density at radius 3 is 2.43 bits per heavy atom. The highest BCUT2D eigenvalue weighted by molar-refractivity contribution is 5.98. The molecule has 0 saturated carbocycles. The van der Waals surface area contributed by atoms with Crippen LogP contribution in [0.1, 0.15) is 34.2 Å². The Morgan fingerprint density at radius 2 is 1.81 bits per heavy atom. The molecule has 0 unspecified atom stereocenters. The molecule has 0 aromatic carbocycles. The first-order chi connectivity index (χ1) is 17.4. The van der Waals surface area contributed by atoms with Gasteiger partial charge in [-0.25, -0.2) is 24.9 Å². The van der Waals surface area contributed by atoms with Gasteiger partial charge in [0.15, 0.2) is 5.82 Å². The van der Waals surface area contributed by atoms with E-state index in [2.05, 4.69) is 30.2 Å². The van der Waals surface area contributed by atoms with E-state index in [0.29, 0.717) is 18.1 Å². The number of hydrogen-bond donors (Lipinski definition) is 1. The van der Waals surface area contributed by atoms with Crippen molar-refractivity contribution in [2.24, 2.45) is 0 Å². The van der Waals surface area contributed by atoms with Gasteiger partial charge in [0, 0.05) is 37.0 Å². The molecule has 3 aromatic rings. The van der Waals surface area contributed by atoms with E-state index in [0.717, 1.165) is 10.5 Å². The second kappa shape index (κ2) is 9.92. The Hall–Kier alpha value is -3.81. The maximum absolute atomic E-state index is 14.4. The zero-order chi connectivity index (χ0) is 27.0. The van der Waals surface area contributed by atoms with Gasteiger partial charge in [-0.15, -0.1) is 0 Å². The first kappa shape index (κ1) is 26.3. The number of nitrogens with one attached hydrogen (secondary N) is 1. The number of amides is 1. The number of hydrogen-bond acceptors (Lipinski definition) is 8. The van der Waals surface area contributed by atoms with Crippen molar-refractivity contribution >= 4 is 11.9 Å². The van der Waals surface area contributed by atoms with Crippen molar-refractivity contribution in [3.05, 3.63) is 59.4 Å². The van der Waals surface area contributed by atoms with Crippen LogP contribution in [0.4, 0.5) is 27.9 Å². The van der Waals surface area contributed by atoms with Crippen LogP contribution in [0.3, 0.4) is 0 Å². The molecule has 0 aliphatic carbocycles. The summed E-state index contributed by atoms with van der Waals surface area (Å²) in [6, 6.07) is 2.29. The molecular weight excluding hydrogens is 501 g/mol. The predicted octanol–water partition coefficient (Wildman–Crippen LogP) is 3.90. The zero-order valence-electron chi connectivity index (χ0n) is 19.9. The molecule has 3 aromatic heterocycles. The highest BCUT2D eigenvalue weighted by atomic mass is 19.4. The fourth-order valence-corrected chi connectivity index (χ4v) is 3.83. The van der Waals surface area contributed by atoms with E-state index in [1.165, 1.54) is 19.3 Å². The SMILES string of the molecule is Cc1cc(-c2ncccn2)c(C(=O)N2CC(F)(F)O[C@@H](C)[C@H]2CNc2ncc(C(F)(F)F)cn2)nc1C. The van der Waals surface area contributed by atoms with E-state index in [1.54, 1.807) is 26.0 Å². The molecule has 1 amide bonds. The average molecular weight is 523 g/mol. The normalized spacial score (nSPS) is 19.5. The van der Waals surface area contributed by atoms with Crippen LogP contribution in [-0.2, 0) is 10.9 Å². The van der Waals surface area contributed by atoms with Gasteiger partial charge >= 0.3 is 12.3 Å². The third-order valence-corrected chi connectivity index (χ3v) is 5.84. The lowest BCUT2D eigenvalue weighted by Gasteiger charge is -2.43. The number of halogens is 5. The lowest BCUT2D eigenvalue weighted by Crippen LogP contribution is -2.61. The second-order valence-electron chi connectivity index (χ2n) is 8.49. The second-order valence-corrected chi connectivity index (χ2v) is 8.49. The minimum absolute atomic E-state index is 0.116. The van der Waals surface area contributed by atoms with E-state index in [9.17, 15) is 26.7 Å². The van der Waals surface area contributed by atoms with E-state index in [-0.39, 0.29) is 29.6 Å². The van der Waals surface area contributed by atoms with Crippen LogP contribution in [0, 0.1) is 13.8 Å². The highest BCUT2D eigenvalue weighted by Crippen LogP contribution is 2.32. The number of carbonyl (C=O) groups excluding carboxylic acids is 1. The third-order valence-electron chi connectivity index (χ3n) is 5.84. The van der Waals surface area contributed by atoms with Crippen LogP contribution in [0.15, 0.2) is 36.9 Å². The van der Waals surface area contributed by atoms with Crippen molar-refractivity contribution in [1.82, 2.24) is 29.8 Å². The quantitative estimate of drug-likeness (QED) is 0.502. The summed E-state index contributed by atoms with van der Waals surface area (Å²) in [5.41, 5.74) is 0.380. The molecule has 0 bridgehead atoms. The molecule has 0 radical (unpaired) electrons. The monoisotopic (exact) mass is 523 g/mol. The number of nitrogens with zero attached hydrogens (tertiary/aromatic N) is 6. The molecule has 4 heterocycles. The Labute approximate surface area is 208 Å². The van der Waals surface area contributed by atoms with Crippen molar-refractivity contribution in [2.75, 3.05) is 18.4 Å². The molecule has 1 aliphatic rings. The van der Waals surface area contributed by atoms with E-state index in [1.807, 2.05) is 0 Å². The smallest absolute Gasteiger partial charge is 0.352 e.